The van der Waals surface area contributed by atoms with Crippen molar-refractivity contribution in [2.24, 2.45) is 22.7 Å². The minimum atomic E-state index is -0.628. The summed E-state index contributed by atoms with van der Waals surface area (Å²) in [6, 6.07) is 1.91. The maximum absolute atomic E-state index is 10.9. The zero-order chi connectivity index (χ0) is 22.2. The van der Waals surface area contributed by atoms with Crippen LogP contribution in [0.3, 0.4) is 0 Å². The number of nitrogens with zero attached hydrogens (tertiary/aromatic N) is 2. The molecule has 5 heteroatoms. The number of aromatic nitrogens is 1. The third-order valence-corrected chi connectivity index (χ3v) is 7.07. The summed E-state index contributed by atoms with van der Waals surface area (Å²) in [5.41, 5.74) is 1.45. The van der Waals surface area contributed by atoms with Gasteiger partial charge in [-0.25, -0.2) is 4.98 Å². The molecule has 166 valence electrons. The summed E-state index contributed by atoms with van der Waals surface area (Å²) in [5.74, 6) is 7.41. The molecule has 0 bridgehead atoms. The fourth-order valence-corrected chi connectivity index (χ4v) is 5.02. The van der Waals surface area contributed by atoms with Gasteiger partial charge in [-0.3, -0.25) is 0 Å². The molecule has 1 unspecified atom stereocenters. The van der Waals surface area contributed by atoms with Crippen LogP contribution in [0.2, 0.25) is 5.15 Å². The van der Waals surface area contributed by atoms with Crippen LogP contribution in [0.25, 0.3) is 0 Å². The Kier molecular flexibility index (Phi) is 6.77. The standard InChI is InChI=1S/C25H37ClN2O2/c1-23(2,3)16-25(5,30)20-12-18(13-20)6-7-19-15-27-22(26)14-21(19)28-10-8-24(4,17-29)9-11-28/h14-15,18,20,29-30H,8-13,16-17H2,1-5H3. The van der Waals surface area contributed by atoms with Crippen LogP contribution in [0.1, 0.15) is 72.3 Å². The highest BCUT2D eigenvalue weighted by Crippen LogP contribution is 2.45. The fraction of sp³-hybridized carbons (Fsp3) is 0.720. The van der Waals surface area contributed by atoms with Crippen molar-refractivity contribution in [3.05, 3.63) is 23.0 Å². The lowest BCUT2D eigenvalue weighted by Crippen LogP contribution is -2.44. The first-order valence-corrected chi connectivity index (χ1v) is 11.5. The van der Waals surface area contributed by atoms with E-state index < -0.39 is 5.60 Å². The van der Waals surface area contributed by atoms with E-state index in [1.807, 2.05) is 13.0 Å². The average molecular weight is 433 g/mol. The van der Waals surface area contributed by atoms with E-state index >= 15 is 0 Å². The largest absolute Gasteiger partial charge is 0.396 e. The Morgan fingerprint density at radius 1 is 1.23 bits per heavy atom. The molecule has 30 heavy (non-hydrogen) atoms. The maximum atomic E-state index is 10.9. The van der Waals surface area contributed by atoms with Gasteiger partial charge in [0.1, 0.15) is 5.15 Å². The highest BCUT2D eigenvalue weighted by Gasteiger charge is 2.42. The highest BCUT2D eigenvalue weighted by atomic mass is 35.5. The molecule has 2 heterocycles. The minimum Gasteiger partial charge on any atom is -0.396 e. The molecular weight excluding hydrogens is 396 g/mol. The molecule has 0 aromatic carbocycles. The van der Waals surface area contributed by atoms with E-state index in [4.69, 9.17) is 11.6 Å². The molecule has 0 spiro atoms. The normalized spacial score (nSPS) is 25.7. The Labute approximate surface area is 187 Å². The van der Waals surface area contributed by atoms with Crippen molar-refractivity contribution in [2.75, 3.05) is 24.6 Å². The quantitative estimate of drug-likeness (QED) is 0.524. The van der Waals surface area contributed by atoms with Crippen molar-refractivity contribution in [1.29, 1.82) is 0 Å². The van der Waals surface area contributed by atoms with Gasteiger partial charge in [0, 0.05) is 37.9 Å². The van der Waals surface area contributed by atoms with Crippen molar-refractivity contribution in [1.82, 2.24) is 4.98 Å². The zero-order valence-electron chi connectivity index (χ0n) is 19.1. The second-order valence-corrected chi connectivity index (χ2v) is 11.6. The van der Waals surface area contributed by atoms with Crippen LogP contribution in [-0.2, 0) is 0 Å². The van der Waals surface area contributed by atoms with Crippen molar-refractivity contribution < 1.29 is 10.2 Å². The van der Waals surface area contributed by atoms with Crippen LogP contribution in [-0.4, -0.2) is 40.5 Å². The van der Waals surface area contributed by atoms with Crippen LogP contribution in [0.15, 0.2) is 12.3 Å². The summed E-state index contributed by atoms with van der Waals surface area (Å²) in [7, 11) is 0. The molecule has 1 atom stereocenters. The molecule has 3 rings (SSSR count). The fourth-order valence-electron chi connectivity index (χ4n) is 4.87. The van der Waals surface area contributed by atoms with Gasteiger partial charge in [0.2, 0.25) is 0 Å². The third kappa shape index (κ3) is 5.69. The lowest BCUT2D eigenvalue weighted by Gasteiger charge is -2.45. The number of aliphatic hydroxyl groups excluding tert-OH is 1. The maximum Gasteiger partial charge on any atom is 0.131 e. The number of aliphatic hydroxyl groups is 2. The first-order valence-electron chi connectivity index (χ1n) is 11.2. The van der Waals surface area contributed by atoms with E-state index in [1.165, 1.54) is 0 Å². The molecule has 1 aromatic rings. The second-order valence-electron chi connectivity index (χ2n) is 11.2. The Morgan fingerprint density at radius 3 is 2.43 bits per heavy atom. The number of piperidine rings is 1. The summed E-state index contributed by atoms with van der Waals surface area (Å²) in [4.78, 5) is 6.56. The predicted molar refractivity (Wildman–Crippen MR) is 124 cm³/mol. The highest BCUT2D eigenvalue weighted by molar-refractivity contribution is 6.29. The van der Waals surface area contributed by atoms with E-state index in [-0.39, 0.29) is 17.4 Å². The van der Waals surface area contributed by atoms with Gasteiger partial charge in [-0.1, -0.05) is 51.1 Å². The van der Waals surface area contributed by atoms with E-state index in [0.29, 0.717) is 17.0 Å². The van der Waals surface area contributed by atoms with Gasteiger partial charge in [0.25, 0.3) is 0 Å². The van der Waals surface area contributed by atoms with Gasteiger partial charge >= 0.3 is 0 Å². The second kappa shape index (κ2) is 8.69. The number of anilines is 1. The lowest BCUT2D eigenvalue weighted by atomic mass is 9.63. The van der Waals surface area contributed by atoms with Crippen LogP contribution in [0.5, 0.6) is 0 Å². The number of halogens is 1. The van der Waals surface area contributed by atoms with Gasteiger partial charge in [0.05, 0.1) is 16.9 Å². The van der Waals surface area contributed by atoms with Crippen molar-refractivity contribution in [3.63, 3.8) is 0 Å². The number of rotatable bonds is 4. The molecule has 1 saturated carbocycles. The van der Waals surface area contributed by atoms with E-state index in [1.54, 1.807) is 6.20 Å². The third-order valence-electron chi connectivity index (χ3n) is 6.86. The molecule has 0 radical (unpaired) electrons. The van der Waals surface area contributed by atoms with Crippen molar-refractivity contribution in [3.8, 4) is 11.8 Å². The first-order chi connectivity index (χ1) is 13.9. The Bertz CT molecular complexity index is 805. The number of pyridine rings is 1. The van der Waals surface area contributed by atoms with Crippen LogP contribution >= 0.6 is 11.6 Å². The molecule has 1 aliphatic carbocycles. The zero-order valence-corrected chi connectivity index (χ0v) is 19.9. The van der Waals surface area contributed by atoms with Crippen molar-refractivity contribution in [2.45, 2.75) is 72.3 Å². The molecular formula is C25H37ClN2O2. The predicted octanol–water partition coefficient (Wildman–Crippen LogP) is 4.90. The van der Waals surface area contributed by atoms with E-state index in [2.05, 4.69) is 49.4 Å². The van der Waals surface area contributed by atoms with Gasteiger partial charge in [-0.2, -0.15) is 0 Å². The molecule has 1 aromatic heterocycles. The number of hydrogen-bond donors (Lipinski definition) is 2. The van der Waals surface area contributed by atoms with Crippen molar-refractivity contribution >= 4 is 17.3 Å². The summed E-state index contributed by atoms with van der Waals surface area (Å²) < 4.78 is 0. The average Bonchev–Trinajstić information content (AvgIpc) is 2.60. The lowest BCUT2D eigenvalue weighted by molar-refractivity contribution is -0.0723. The molecule has 2 N–H and O–H groups in total. The smallest absolute Gasteiger partial charge is 0.131 e. The van der Waals surface area contributed by atoms with E-state index in [0.717, 1.165) is 56.4 Å². The SMILES string of the molecule is CC(C)(C)CC(C)(O)C1CC(C#Cc2cnc(Cl)cc2N2CCC(C)(CO)CC2)C1. The van der Waals surface area contributed by atoms with Crippen LogP contribution in [0.4, 0.5) is 5.69 Å². The minimum absolute atomic E-state index is 0.00408. The molecule has 2 fully saturated rings. The van der Waals surface area contributed by atoms with E-state index in [9.17, 15) is 10.2 Å². The summed E-state index contributed by atoms with van der Waals surface area (Å²) in [6.07, 6.45) is 6.37. The Morgan fingerprint density at radius 2 is 1.87 bits per heavy atom. The Balaban J connectivity index is 1.66. The molecule has 4 nitrogen and oxygen atoms in total. The van der Waals surface area contributed by atoms with Gasteiger partial charge < -0.3 is 15.1 Å². The topological polar surface area (TPSA) is 56.6 Å². The summed E-state index contributed by atoms with van der Waals surface area (Å²) in [6.45, 7) is 12.6. The number of hydrogen-bond acceptors (Lipinski definition) is 4. The molecule has 2 aliphatic rings. The van der Waals surface area contributed by atoms with Gasteiger partial charge in [0.15, 0.2) is 0 Å². The van der Waals surface area contributed by atoms with Gasteiger partial charge in [-0.05, 0) is 55.8 Å². The first kappa shape index (κ1) is 23.4. The van der Waals surface area contributed by atoms with Crippen LogP contribution < -0.4 is 4.90 Å². The molecule has 1 aliphatic heterocycles. The Hall–Kier alpha value is -1.28. The van der Waals surface area contributed by atoms with Gasteiger partial charge in [-0.15, -0.1) is 0 Å². The monoisotopic (exact) mass is 432 g/mol. The summed E-state index contributed by atoms with van der Waals surface area (Å²) in [5, 5.41) is 21.0. The molecule has 1 saturated heterocycles. The molecule has 0 amide bonds. The van der Waals surface area contributed by atoms with Crippen LogP contribution in [0, 0.1) is 34.5 Å². The summed E-state index contributed by atoms with van der Waals surface area (Å²) >= 11 is 6.19.